The number of fused-ring (bicyclic) bond motifs is 5. The first kappa shape index (κ1) is 17.9. The van der Waals surface area contributed by atoms with E-state index in [2.05, 4.69) is 85.5 Å². The van der Waals surface area contributed by atoms with E-state index in [1.165, 1.54) is 22.5 Å². The van der Waals surface area contributed by atoms with Crippen LogP contribution < -0.4 is 10.7 Å². The first-order valence-corrected chi connectivity index (χ1v) is 10.5. The summed E-state index contributed by atoms with van der Waals surface area (Å²) in [6.45, 7) is 4.58. The van der Waals surface area contributed by atoms with Gasteiger partial charge in [0.05, 0.1) is 22.4 Å². The van der Waals surface area contributed by atoms with Gasteiger partial charge in [-0.1, -0.05) is 50.2 Å². The summed E-state index contributed by atoms with van der Waals surface area (Å²) in [6, 6.07) is 28.9. The summed E-state index contributed by atoms with van der Waals surface area (Å²) in [5.74, 6) is 6.60. The quantitative estimate of drug-likeness (QED) is 0.321. The fraction of sp³-hybridized carbons (Fsp3) is 0.111. The molecule has 2 heterocycles. The number of para-hydroxylation sites is 2. The molecule has 6 rings (SSSR count). The summed E-state index contributed by atoms with van der Waals surface area (Å²) >= 11 is 0. The fourth-order valence-corrected chi connectivity index (χ4v) is 5.12. The number of anilines is 3. The van der Waals surface area contributed by atoms with Gasteiger partial charge in [0.2, 0.25) is 0 Å². The van der Waals surface area contributed by atoms with Crippen LogP contribution in [0.15, 0.2) is 84.9 Å². The fourth-order valence-electron chi connectivity index (χ4n) is 5.12. The van der Waals surface area contributed by atoms with Crippen LogP contribution in [0.25, 0.3) is 21.8 Å². The number of nitrogens with zero attached hydrogens (tertiary/aromatic N) is 2. The summed E-state index contributed by atoms with van der Waals surface area (Å²) in [5.41, 5.74) is 7.77. The topological polar surface area (TPSA) is 54.4 Å². The lowest BCUT2D eigenvalue weighted by Gasteiger charge is -2.42. The van der Waals surface area contributed by atoms with Crippen LogP contribution in [-0.4, -0.2) is 9.78 Å². The molecule has 0 saturated carbocycles. The zero-order chi connectivity index (χ0) is 21.3. The second kappa shape index (κ2) is 6.05. The lowest BCUT2D eigenvalue weighted by molar-refractivity contribution is 0.476. The number of nitrogen functional groups attached to an aromatic ring is 1. The largest absolute Gasteiger partial charge is 0.508 e. The Bertz CT molecular complexity index is 1450. The number of benzene rings is 4. The van der Waals surface area contributed by atoms with Gasteiger partial charge in [-0.25, -0.2) is 0 Å². The van der Waals surface area contributed by atoms with Crippen LogP contribution in [0, 0.1) is 0 Å². The summed E-state index contributed by atoms with van der Waals surface area (Å²) < 4.78 is 1.69. The molecule has 0 radical (unpaired) electrons. The molecule has 0 bridgehead atoms. The third-order valence-corrected chi connectivity index (χ3v) is 6.66. The van der Waals surface area contributed by atoms with Gasteiger partial charge in [0.1, 0.15) is 5.75 Å². The molecular formula is C27H23N3O. The van der Waals surface area contributed by atoms with Crippen molar-refractivity contribution in [2.75, 3.05) is 10.7 Å². The van der Waals surface area contributed by atoms with E-state index in [1.807, 2.05) is 6.07 Å². The molecule has 4 nitrogen and oxygen atoms in total. The van der Waals surface area contributed by atoms with Crippen molar-refractivity contribution >= 4 is 38.9 Å². The van der Waals surface area contributed by atoms with Crippen LogP contribution in [0.1, 0.15) is 25.0 Å². The average Bonchev–Trinajstić information content (AvgIpc) is 3.05. The Balaban J connectivity index is 1.67. The molecule has 31 heavy (non-hydrogen) atoms. The molecule has 0 amide bonds. The first-order valence-electron chi connectivity index (χ1n) is 10.5. The third kappa shape index (κ3) is 2.36. The minimum absolute atomic E-state index is 0.0904. The summed E-state index contributed by atoms with van der Waals surface area (Å²) in [6.07, 6.45) is 0. The van der Waals surface area contributed by atoms with Crippen molar-refractivity contribution in [1.82, 2.24) is 4.68 Å². The molecule has 0 spiro atoms. The van der Waals surface area contributed by atoms with Crippen LogP contribution in [0.2, 0.25) is 0 Å². The van der Waals surface area contributed by atoms with Gasteiger partial charge in [0, 0.05) is 21.9 Å². The normalized spacial score (nSPS) is 14.6. The highest BCUT2D eigenvalue weighted by Crippen LogP contribution is 2.52. The Morgan fingerprint density at radius 2 is 1.26 bits per heavy atom. The van der Waals surface area contributed by atoms with Crippen molar-refractivity contribution in [3.05, 3.63) is 96.1 Å². The molecular weight excluding hydrogens is 382 g/mol. The van der Waals surface area contributed by atoms with Gasteiger partial charge < -0.3 is 15.8 Å². The maximum atomic E-state index is 10.1. The van der Waals surface area contributed by atoms with Gasteiger partial charge >= 0.3 is 0 Å². The smallest absolute Gasteiger partial charge is 0.116 e. The highest BCUT2D eigenvalue weighted by Gasteiger charge is 2.36. The molecule has 5 aromatic rings. The second-order valence-electron chi connectivity index (χ2n) is 8.77. The maximum Gasteiger partial charge on any atom is 0.116 e. The summed E-state index contributed by atoms with van der Waals surface area (Å²) in [5, 5.41) is 12.0. The standard InChI is InChI=1S/C27H23N3O/c1-27(2)21-7-3-5-9-25(21)29(26-10-6-4-8-22(26)27)17-11-13-23-19(15-17)20-16-18(31)12-14-24(20)30(23)28/h3-16,31H,28H2,1-2H3. The van der Waals surface area contributed by atoms with Crippen LogP contribution >= 0.6 is 0 Å². The molecule has 1 aliphatic heterocycles. The Morgan fingerprint density at radius 1 is 0.710 bits per heavy atom. The van der Waals surface area contributed by atoms with E-state index in [9.17, 15) is 5.11 Å². The Kier molecular flexibility index (Phi) is 3.49. The van der Waals surface area contributed by atoms with E-state index in [0.29, 0.717) is 0 Å². The molecule has 152 valence electrons. The summed E-state index contributed by atoms with van der Waals surface area (Å²) in [4.78, 5) is 2.33. The molecule has 1 aliphatic rings. The maximum absolute atomic E-state index is 10.1. The number of rotatable bonds is 1. The van der Waals surface area contributed by atoms with Gasteiger partial charge in [-0.05, 0) is 59.7 Å². The molecule has 0 aliphatic carbocycles. The Morgan fingerprint density at radius 3 is 1.90 bits per heavy atom. The number of aromatic nitrogens is 1. The van der Waals surface area contributed by atoms with Gasteiger partial charge in [0.15, 0.2) is 0 Å². The van der Waals surface area contributed by atoms with Crippen LogP contribution in [0.3, 0.4) is 0 Å². The van der Waals surface area contributed by atoms with Gasteiger partial charge in [-0.3, -0.25) is 4.68 Å². The molecule has 0 unspecified atom stereocenters. The molecule has 3 N–H and O–H groups in total. The molecule has 4 heteroatoms. The second-order valence-corrected chi connectivity index (χ2v) is 8.77. The lowest BCUT2D eigenvalue weighted by Crippen LogP contribution is -2.30. The summed E-state index contributed by atoms with van der Waals surface area (Å²) in [7, 11) is 0. The minimum Gasteiger partial charge on any atom is -0.508 e. The number of phenols is 1. The van der Waals surface area contributed by atoms with E-state index in [1.54, 1.807) is 16.8 Å². The van der Waals surface area contributed by atoms with Crippen LogP contribution in [0.4, 0.5) is 17.1 Å². The Labute approximate surface area is 180 Å². The van der Waals surface area contributed by atoms with E-state index in [4.69, 9.17) is 5.84 Å². The number of hydrogen-bond acceptors (Lipinski definition) is 3. The zero-order valence-electron chi connectivity index (χ0n) is 17.5. The molecule has 1 aromatic heterocycles. The molecule has 4 aromatic carbocycles. The predicted octanol–water partition coefficient (Wildman–Crippen LogP) is 6.32. The number of aromatic hydroxyl groups is 1. The lowest BCUT2D eigenvalue weighted by atomic mass is 9.73. The van der Waals surface area contributed by atoms with E-state index < -0.39 is 0 Å². The predicted molar refractivity (Wildman–Crippen MR) is 128 cm³/mol. The van der Waals surface area contributed by atoms with Gasteiger partial charge in [-0.15, -0.1) is 0 Å². The van der Waals surface area contributed by atoms with Crippen molar-refractivity contribution in [3.63, 3.8) is 0 Å². The van der Waals surface area contributed by atoms with Crippen molar-refractivity contribution < 1.29 is 5.11 Å². The number of nitrogens with two attached hydrogens (primary N) is 1. The van der Waals surface area contributed by atoms with E-state index >= 15 is 0 Å². The zero-order valence-corrected chi connectivity index (χ0v) is 17.5. The molecule has 0 fully saturated rings. The van der Waals surface area contributed by atoms with E-state index in [-0.39, 0.29) is 11.2 Å². The van der Waals surface area contributed by atoms with Gasteiger partial charge in [0.25, 0.3) is 0 Å². The van der Waals surface area contributed by atoms with Crippen LogP contribution in [-0.2, 0) is 5.41 Å². The van der Waals surface area contributed by atoms with Gasteiger partial charge in [-0.2, -0.15) is 0 Å². The van der Waals surface area contributed by atoms with Crippen LogP contribution in [0.5, 0.6) is 5.75 Å². The van der Waals surface area contributed by atoms with Crippen molar-refractivity contribution in [2.24, 2.45) is 0 Å². The third-order valence-electron chi connectivity index (χ3n) is 6.66. The highest BCUT2D eigenvalue weighted by atomic mass is 16.3. The number of hydrogen-bond donors (Lipinski definition) is 2. The molecule has 0 atom stereocenters. The SMILES string of the molecule is CC1(C)c2ccccc2N(c2ccc3c(c2)c2cc(O)ccc2n3N)c2ccccc21. The highest BCUT2D eigenvalue weighted by molar-refractivity contribution is 6.10. The monoisotopic (exact) mass is 405 g/mol. The van der Waals surface area contributed by atoms with Crippen molar-refractivity contribution in [3.8, 4) is 5.75 Å². The van der Waals surface area contributed by atoms with Crippen molar-refractivity contribution in [1.29, 1.82) is 0 Å². The van der Waals surface area contributed by atoms with E-state index in [0.717, 1.165) is 27.5 Å². The minimum atomic E-state index is -0.0904. The number of phenolic OH excluding ortho intramolecular Hbond substituents is 1. The first-order chi connectivity index (χ1) is 15.0. The molecule has 0 saturated heterocycles. The Hall–Kier alpha value is -3.92. The average molecular weight is 406 g/mol. The van der Waals surface area contributed by atoms with Crippen molar-refractivity contribution in [2.45, 2.75) is 19.3 Å².